The zero-order chi connectivity index (χ0) is 10.8. The molecule has 1 heterocycles. The van der Waals surface area contributed by atoms with E-state index in [1.807, 2.05) is 12.1 Å². The van der Waals surface area contributed by atoms with Crippen molar-refractivity contribution in [2.45, 2.75) is 12.5 Å². The van der Waals surface area contributed by atoms with Gasteiger partial charge in [0, 0.05) is 10.0 Å². The van der Waals surface area contributed by atoms with Crippen LogP contribution < -0.4 is 15.2 Å². The molecule has 1 aromatic rings. The second-order valence-corrected chi connectivity index (χ2v) is 4.24. The molecule has 82 valence electrons. The lowest BCUT2D eigenvalue weighted by Gasteiger charge is -2.12. The highest BCUT2D eigenvalue weighted by Crippen LogP contribution is 2.41. The van der Waals surface area contributed by atoms with Crippen molar-refractivity contribution < 1.29 is 14.6 Å². The van der Waals surface area contributed by atoms with E-state index in [1.165, 1.54) is 0 Å². The van der Waals surface area contributed by atoms with Crippen molar-refractivity contribution in [2.75, 3.05) is 13.3 Å². The molecular weight excluding hydrogens is 262 g/mol. The van der Waals surface area contributed by atoms with Gasteiger partial charge in [-0.3, -0.25) is 0 Å². The second-order valence-electron chi connectivity index (χ2n) is 3.32. The first-order valence-corrected chi connectivity index (χ1v) is 5.49. The van der Waals surface area contributed by atoms with Crippen LogP contribution in [0, 0.1) is 0 Å². The Morgan fingerprint density at radius 2 is 2.27 bits per heavy atom. The van der Waals surface area contributed by atoms with Gasteiger partial charge < -0.3 is 20.3 Å². The first-order chi connectivity index (χ1) is 7.22. The third-order valence-corrected chi connectivity index (χ3v) is 2.72. The maximum atomic E-state index is 9.87. The summed E-state index contributed by atoms with van der Waals surface area (Å²) in [6, 6.07) is 3.65. The van der Waals surface area contributed by atoms with E-state index in [4.69, 9.17) is 15.2 Å². The van der Waals surface area contributed by atoms with E-state index in [0.29, 0.717) is 24.5 Å². The summed E-state index contributed by atoms with van der Waals surface area (Å²) in [5.74, 6) is 1.29. The van der Waals surface area contributed by atoms with E-state index >= 15 is 0 Å². The molecule has 0 saturated heterocycles. The SMILES string of the molecule is NCCC(O)c1cc(Br)cc2c1OCO2. The van der Waals surface area contributed by atoms with Gasteiger partial charge >= 0.3 is 0 Å². The van der Waals surface area contributed by atoms with Crippen LogP contribution in [0.2, 0.25) is 0 Å². The Morgan fingerprint density at radius 1 is 1.47 bits per heavy atom. The fraction of sp³-hybridized carbons (Fsp3) is 0.400. The number of nitrogens with two attached hydrogens (primary N) is 1. The van der Waals surface area contributed by atoms with Gasteiger partial charge in [0.25, 0.3) is 0 Å². The smallest absolute Gasteiger partial charge is 0.231 e. The predicted octanol–water partition coefficient (Wildman–Crippen LogP) is 1.56. The molecule has 1 unspecified atom stereocenters. The number of benzene rings is 1. The van der Waals surface area contributed by atoms with Gasteiger partial charge in [-0.1, -0.05) is 15.9 Å². The van der Waals surface area contributed by atoms with Crippen molar-refractivity contribution >= 4 is 15.9 Å². The van der Waals surface area contributed by atoms with Crippen molar-refractivity contribution in [3.05, 3.63) is 22.2 Å². The molecular formula is C10H12BrNO3. The molecule has 0 amide bonds. The van der Waals surface area contributed by atoms with Crippen LogP contribution in [-0.2, 0) is 0 Å². The van der Waals surface area contributed by atoms with Crippen LogP contribution in [0.4, 0.5) is 0 Å². The number of hydrogen-bond donors (Lipinski definition) is 2. The summed E-state index contributed by atoms with van der Waals surface area (Å²) in [5.41, 5.74) is 6.13. The van der Waals surface area contributed by atoms with Crippen LogP contribution in [-0.4, -0.2) is 18.4 Å². The van der Waals surface area contributed by atoms with Gasteiger partial charge in [0.1, 0.15) is 0 Å². The Labute approximate surface area is 96.1 Å². The molecule has 0 aromatic heterocycles. The highest BCUT2D eigenvalue weighted by atomic mass is 79.9. The second kappa shape index (κ2) is 4.38. The number of rotatable bonds is 3. The monoisotopic (exact) mass is 273 g/mol. The zero-order valence-corrected chi connectivity index (χ0v) is 9.66. The third kappa shape index (κ3) is 2.09. The zero-order valence-electron chi connectivity index (χ0n) is 8.07. The summed E-state index contributed by atoms with van der Waals surface area (Å²) < 4.78 is 11.4. The van der Waals surface area contributed by atoms with E-state index in [-0.39, 0.29) is 6.79 Å². The van der Waals surface area contributed by atoms with Crippen molar-refractivity contribution in [3.8, 4) is 11.5 Å². The fourth-order valence-electron chi connectivity index (χ4n) is 1.56. The molecule has 0 aliphatic carbocycles. The Balaban J connectivity index is 2.37. The molecule has 0 spiro atoms. The molecule has 0 radical (unpaired) electrons. The van der Waals surface area contributed by atoms with Crippen molar-refractivity contribution in [2.24, 2.45) is 5.73 Å². The highest BCUT2D eigenvalue weighted by molar-refractivity contribution is 9.10. The van der Waals surface area contributed by atoms with Gasteiger partial charge in [0.15, 0.2) is 11.5 Å². The van der Waals surface area contributed by atoms with Crippen LogP contribution >= 0.6 is 15.9 Å². The molecule has 1 aromatic carbocycles. The lowest BCUT2D eigenvalue weighted by molar-refractivity contribution is 0.153. The summed E-state index contributed by atoms with van der Waals surface area (Å²) >= 11 is 3.36. The maximum absolute atomic E-state index is 9.87. The van der Waals surface area contributed by atoms with Crippen LogP contribution in [0.25, 0.3) is 0 Å². The van der Waals surface area contributed by atoms with Gasteiger partial charge in [0.2, 0.25) is 6.79 Å². The van der Waals surface area contributed by atoms with Gasteiger partial charge in [-0.25, -0.2) is 0 Å². The molecule has 5 heteroatoms. The average molecular weight is 274 g/mol. The minimum absolute atomic E-state index is 0.203. The number of halogens is 1. The van der Waals surface area contributed by atoms with E-state index in [2.05, 4.69) is 15.9 Å². The van der Waals surface area contributed by atoms with Gasteiger partial charge in [-0.15, -0.1) is 0 Å². The Kier molecular flexibility index (Phi) is 3.14. The summed E-state index contributed by atoms with van der Waals surface area (Å²) in [6.45, 7) is 0.636. The fourth-order valence-corrected chi connectivity index (χ4v) is 2.02. The van der Waals surface area contributed by atoms with Crippen LogP contribution in [0.3, 0.4) is 0 Å². The minimum atomic E-state index is -0.608. The van der Waals surface area contributed by atoms with E-state index in [1.54, 1.807) is 0 Å². The highest BCUT2D eigenvalue weighted by Gasteiger charge is 2.22. The van der Waals surface area contributed by atoms with Crippen LogP contribution in [0.1, 0.15) is 18.1 Å². The number of fused-ring (bicyclic) bond motifs is 1. The molecule has 2 rings (SSSR count). The molecule has 0 saturated carbocycles. The topological polar surface area (TPSA) is 64.7 Å². The molecule has 1 atom stereocenters. The van der Waals surface area contributed by atoms with E-state index < -0.39 is 6.10 Å². The van der Waals surface area contributed by atoms with Gasteiger partial charge in [-0.05, 0) is 25.1 Å². The number of aliphatic hydroxyl groups excluding tert-OH is 1. The normalized spacial score (nSPS) is 15.4. The molecule has 1 aliphatic rings. The van der Waals surface area contributed by atoms with Crippen molar-refractivity contribution in [1.29, 1.82) is 0 Å². The largest absolute Gasteiger partial charge is 0.454 e. The number of aliphatic hydroxyl groups is 1. The lowest BCUT2D eigenvalue weighted by Crippen LogP contribution is -2.07. The molecule has 4 nitrogen and oxygen atoms in total. The van der Waals surface area contributed by atoms with Gasteiger partial charge in [-0.2, -0.15) is 0 Å². The Morgan fingerprint density at radius 3 is 3.00 bits per heavy atom. The molecule has 3 N–H and O–H groups in total. The maximum Gasteiger partial charge on any atom is 0.231 e. The molecule has 1 aliphatic heterocycles. The quantitative estimate of drug-likeness (QED) is 0.878. The third-order valence-electron chi connectivity index (χ3n) is 2.27. The van der Waals surface area contributed by atoms with Crippen molar-refractivity contribution in [1.82, 2.24) is 0 Å². The van der Waals surface area contributed by atoms with Gasteiger partial charge in [0.05, 0.1) is 6.10 Å². The number of hydrogen-bond acceptors (Lipinski definition) is 4. The molecule has 0 fully saturated rings. The van der Waals surface area contributed by atoms with E-state index in [0.717, 1.165) is 10.0 Å². The Bertz CT molecular complexity index is 370. The van der Waals surface area contributed by atoms with Crippen molar-refractivity contribution in [3.63, 3.8) is 0 Å². The molecule has 0 bridgehead atoms. The summed E-state index contributed by atoms with van der Waals surface area (Å²) in [7, 11) is 0. The van der Waals surface area contributed by atoms with E-state index in [9.17, 15) is 5.11 Å². The lowest BCUT2D eigenvalue weighted by atomic mass is 10.1. The average Bonchev–Trinajstić information content (AvgIpc) is 2.64. The van der Waals surface area contributed by atoms with Crippen LogP contribution in [0.5, 0.6) is 11.5 Å². The van der Waals surface area contributed by atoms with Crippen LogP contribution in [0.15, 0.2) is 16.6 Å². The Hall–Kier alpha value is -0.780. The minimum Gasteiger partial charge on any atom is -0.454 e. The summed E-state index contributed by atoms with van der Waals surface area (Å²) in [6.07, 6.45) is -0.102. The summed E-state index contributed by atoms with van der Waals surface area (Å²) in [4.78, 5) is 0. The first kappa shape index (κ1) is 10.7. The molecule has 15 heavy (non-hydrogen) atoms. The number of ether oxygens (including phenoxy) is 2. The first-order valence-electron chi connectivity index (χ1n) is 4.69. The summed E-state index contributed by atoms with van der Waals surface area (Å²) in [5, 5.41) is 9.87. The predicted molar refractivity (Wildman–Crippen MR) is 58.9 cm³/mol. The standard InChI is InChI=1S/C10H12BrNO3/c11-6-3-7(8(13)1-2-12)10-9(4-6)14-5-15-10/h3-4,8,13H,1-2,5,12H2.